The molecule has 0 aliphatic heterocycles. The normalized spacial score (nSPS) is 10.9. The second kappa shape index (κ2) is 11.3. The summed E-state index contributed by atoms with van der Waals surface area (Å²) in [6, 6.07) is 26.8. The van der Waals surface area contributed by atoms with Crippen molar-refractivity contribution < 1.29 is 19.0 Å². The molecule has 0 saturated heterocycles. The van der Waals surface area contributed by atoms with E-state index in [2.05, 4.69) is 26.5 Å². The van der Waals surface area contributed by atoms with Gasteiger partial charge in [0.1, 0.15) is 23.9 Å². The summed E-state index contributed by atoms with van der Waals surface area (Å²) in [6.45, 7) is 0.242. The Balaban J connectivity index is 1.44. The van der Waals surface area contributed by atoms with Crippen molar-refractivity contribution >= 4 is 38.8 Å². The number of halogens is 1. The molecule has 172 valence electrons. The van der Waals surface area contributed by atoms with Crippen LogP contribution in [0.2, 0.25) is 0 Å². The van der Waals surface area contributed by atoms with E-state index < -0.39 is 0 Å². The summed E-state index contributed by atoms with van der Waals surface area (Å²) in [5, 5.41) is 6.17. The zero-order valence-electron chi connectivity index (χ0n) is 18.5. The average molecular weight is 519 g/mol. The fourth-order valence-corrected chi connectivity index (χ4v) is 3.79. The second-order valence-electron chi connectivity index (χ2n) is 7.37. The van der Waals surface area contributed by atoms with Crippen LogP contribution < -0.4 is 19.6 Å². The number of amides is 1. The fraction of sp³-hybridized carbons (Fsp3) is 0.111. The van der Waals surface area contributed by atoms with Crippen LogP contribution in [0, 0.1) is 0 Å². The Morgan fingerprint density at radius 1 is 0.941 bits per heavy atom. The van der Waals surface area contributed by atoms with Crippen LogP contribution in [-0.2, 0) is 11.4 Å². The predicted molar refractivity (Wildman–Crippen MR) is 137 cm³/mol. The number of methoxy groups -OCH3 is 1. The van der Waals surface area contributed by atoms with E-state index >= 15 is 0 Å². The van der Waals surface area contributed by atoms with Crippen molar-refractivity contribution in [1.82, 2.24) is 5.43 Å². The van der Waals surface area contributed by atoms with Gasteiger partial charge in [-0.05, 0) is 58.8 Å². The van der Waals surface area contributed by atoms with Gasteiger partial charge in [-0.15, -0.1) is 0 Å². The number of benzene rings is 4. The van der Waals surface area contributed by atoms with E-state index in [9.17, 15) is 4.79 Å². The van der Waals surface area contributed by atoms with Crippen molar-refractivity contribution in [2.24, 2.45) is 5.10 Å². The predicted octanol–water partition coefficient (Wildman–Crippen LogP) is 5.72. The highest BCUT2D eigenvalue weighted by molar-refractivity contribution is 9.10. The molecule has 0 bridgehead atoms. The van der Waals surface area contributed by atoms with Gasteiger partial charge in [-0.2, -0.15) is 5.10 Å². The molecule has 6 nitrogen and oxygen atoms in total. The zero-order chi connectivity index (χ0) is 23.8. The van der Waals surface area contributed by atoms with Crippen LogP contribution in [-0.4, -0.2) is 25.8 Å². The quantitative estimate of drug-likeness (QED) is 0.227. The number of nitrogens with one attached hydrogen (secondary N) is 1. The number of hydrogen-bond acceptors (Lipinski definition) is 5. The van der Waals surface area contributed by atoms with Crippen LogP contribution in [0.3, 0.4) is 0 Å². The van der Waals surface area contributed by atoms with Crippen LogP contribution in [0.1, 0.15) is 11.1 Å². The van der Waals surface area contributed by atoms with Crippen LogP contribution in [0.4, 0.5) is 0 Å². The highest BCUT2D eigenvalue weighted by Gasteiger charge is 2.09. The van der Waals surface area contributed by atoms with Gasteiger partial charge in [-0.3, -0.25) is 4.79 Å². The Labute approximate surface area is 206 Å². The molecule has 0 heterocycles. The van der Waals surface area contributed by atoms with Crippen LogP contribution in [0.15, 0.2) is 94.5 Å². The molecule has 0 spiro atoms. The molecular formula is C27H23BrN2O4. The maximum absolute atomic E-state index is 12.2. The van der Waals surface area contributed by atoms with Crippen molar-refractivity contribution in [1.29, 1.82) is 0 Å². The minimum absolute atomic E-state index is 0.161. The summed E-state index contributed by atoms with van der Waals surface area (Å²) < 4.78 is 17.7. The molecule has 0 saturated carbocycles. The van der Waals surface area contributed by atoms with Gasteiger partial charge in [-0.1, -0.05) is 58.4 Å². The van der Waals surface area contributed by atoms with Crippen LogP contribution >= 0.6 is 15.9 Å². The molecule has 0 radical (unpaired) electrons. The van der Waals surface area contributed by atoms with Gasteiger partial charge in [0.25, 0.3) is 5.91 Å². The van der Waals surface area contributed by atoms with Crippen molar-refractivity contribution in [3.8, 4) is 17.2 Å². The Kier molecular flexibility index (Phi) is 7.78. The standard InChI is InChI=1S/C27H23BrN2O4/c1-32-22-10-12-23(13-11-22)33-18-27(31)30-29-16-25-24-8-3-2-6-20(24)9-14-26(25)34-17-19-5-4-7-21(28)15-19/h2-16H,17-18H2,1H3,(H,30,31). The lowest BCUT2D eigenvalue weighted by atomic mass is 10.0. The smallest absolute Gasteiger partial charge is 0.277 e. The summed E-state index contributed by atoms with van der Waals surface area (Å²) in [6.07, 6.45) is 1.60. The number of nitrogens with zero attached hydrogens (tertiary/aromatic N) is 1. The lowest BCUT2D eigenvalue weighted by Crippen LogP contribution is -2.24. The molecule has 1 amide bonds. The Hall–Kier alpha value is -3.84. The molecule has 0 unspecified atom stereocenters. The highest BCUT2D eigenvalue weighted by Crippen LogP contribution is 2.27. The van der Waals surface area contributed by atoms with Crippen molar-refractivity contribution in [2.45, 2.75) is 6.61 Å². The number of rotatable bonds is 9. The van der Waals surface area contributed by atoms with Gasteiger partial charge in [-0.25, -0.2) is 5.43 Å². The van der Waals surface area contributed by atoms with Crippen molar-refractivity contribution in [3.63, 3.8) is 0 Å². The molecule has 4 rings (SSSR count). The molecule has 0 aromatic heterocycles. The van der Waals surface area contributed by atoms with Gasteiger partial charge in [0.2, 0.25) is 0 Å². The molecule has 0 aliphatic carbocycles. The Morgan fingerprint density at radius 3 is 2.53 bits per heavy atom. The summed E-state index contributed by atoms with van der Waals surface area (Å²) in [7, 11) is 1.59. The van der Waals surface area contributed by atoms with Gasteiger partial charge >= 0.3 is 0 Å². The zero-order valence-corrected chi connectivity index (χ0v) is 20.1. The van der Waals surface area contributed by atoms with Gasteiger partial charge < -0.3 is 14.2 Å². The van der Waals surface area contributed by atoms with Crippen LogP contribution in [0.5, 0.6) is 17.2 Å². The molecule has 7 heteroatoms. The molecule has 0 fully saturated rings. The van der Waals surface area contributed by atoms with E-state index in [1.165, 1.54) is 0 Å². The molecule has 4 aromatic carbocycles. The maximum atomic E-state index is 12.2. The highest BCUT2D eigenvalue weighted by atomic mass is 79.9. The summed E-state index contributed by atoms with van der Waals surface area (Å²) >= 11 is 3.48. The number of carbonyl (C=O) groups is 1. The largest absolute Gasteiger partial charge is 0.497 e. The summed E-state index contributed by atoms with van der Waals surface area (Å²) in [5.41, 5.74) is 4.33. The average Bonchev–Trinajstić information content (AvgIpc) is 2.87. The van der Waals surface area contributed by atoms with Crippen molar-refractivity contribution in [3.05, 3.63) is 101 Å². The van der Waals surface area contributed by atoms with Gasteiger partial charge in [0, 0.05) is 10.0 Å². The monoisotopic (exact) mass is 518 g/mol. The first kappa shape index (κ1) is 23.3. The number of hydrogen-bond donors (Lipinski definition) is 1. The third kappa shape index (κ3) is 6.14. The summed E-state index contributed by atoms with van der Waals surface area (Å²) in [4.78, 5) is 12.2. The first-order valence-electron chi connectivity index (χ1n) is 10.6. The third-order valence-electron chi connectivity index (χ3n) is 5.03. The third-order valence-corrected chi connectivity index (χ3v) is 5.52. The van der Waals surface area contributed by atoms with Crippen LogP contribution in [0.25, 0.3) is 10.8 Å². The van der Waals surface area contributed by atoms with E-state index in [1.54, 1.807) is 37.6 Å². The first-order chi connectivity index (χ1) is 16.6. The second-order valence-corrected chi connectivity index (χ2v) is 8.29. The lowest BCUT2D eigenvalue weighted by molar-refractivity contribution is -0.123. The molecule has 0 atom stereocenters. The van der Waals surface area contributed by atoms with E-state index in [-0.39, 0.29) is 12.5 Å². The molecule has 4 aromatic rings. The maximum Gasteiger partial charge on any atom is 0.277 e. The van der Waals surface area contributed by atoms with Gasteiger partial charge in [0.05, 0.1) is 13.3 Å². The number of fused-ring (bicyclic) bond motifs is 1. The van der Waals surface area contributed by atoms with E-state index in [1.807, 2.05) is 60.7 Å². The van der Waals surface area contributed by atoms with Crippen molar-refractivity contribution in [2.75, 3.05) is 13.7 Å². The van der Waals surface area contributed by atoms with Gasteiger partial charge in [0.15, 0.2) is 6.61 Å². The van der Waals surface area contributed by atoms with E-state index in [4.69, 9.17) is 14.2 Å². The first-order valence-corrected chi connectivity index (χ1v) is 11.4. The van der Waals surface area contributed by atoms with E-state index in [0.717, 1.165) is 32.1 Å². The molecule has 34 heavy (non-hydrogen) atoms. The minimum Gasteiger partial charge on any atom is -0.497 e. The Morgan fingerprint density at radius 2 is 1.74 bits per heavy atom. The van der Waals surface area contributed by atoms with E-state index in [0.29, 0.717) is 18.1 Å². The lowest BCUT2D eigenvalue weighted by Gasteiger charge is -2.12. The molecule has 1 N–H and O–H groups in total. The number of ether oxygens (including phenoxy) is 3. The Bertz CT molecular complexity index is 1310. The molecule has 0 aliphatic rings. The SMILES string of the molecule is COc1ccc(OCC(=O)NN=Cc2c(OCc3cccc(Br)c3)ccc3ccccc23)cc1. The fourth-order valence-electron chi connectivity index (χ4n) is 3.34. The topological polar surface area (TPSA) is 69.2 Å². The minimum atomic E-state index is -0.371. The number of hydrazone groups is 1. The number of carbonyl (C=O) groups excluding carboxylic acids is 1. The molecular weight excluding hydrogens is 496 g/mol. The summed E-state index contributed by atoms with van der Waals surface area (Å²) in [5.74, 6) is 1.58.